The van der Waals surface area contributed by atoms with E-state index in [1.165, 1.54) is 0 Å². The van der Waals surface area contributed by atoms with Crippen molar-refractivity contribution in [2.75, 3.05) is 0 Å². The van der Waals surface area contributed by atoms with Gasteiger partial charge in [-0.25, -0.2) is 0 Å². The number of rotatable bonds is 0. The fourth-order valence-electron chi connectivity index (χ4n) is 0. The second-order valence-electron chi connectivity index (χ2n) is 0. The standard InChI is InChI=1S/2Al.2Cu.2Fe.2Mn.3O/q2*+3;;;;;;;3*-2. The molecule has 0 aliphatic carbocycles. The molecule has 0 N–H and O–H groups in total. The molecular formula is Al2Cu2Fe2Mn2O3. The zero-order chi connectivity index (χ0) is 0. The van der Waals surface area contributed by atoms with E-state index in [1.807, 2.05) is 0 Å². The van der Waals surface area contributed by atoms with Crippen molar-refractivity contribution >= 4 is 34.7 Å². The van der Waals surface area contributed by atoms with Gasteiger partial charge in [0.05, 0.1) is 0 Å². The van der Waals surface area contributed by atoms with Crippen LogP contribution < -0.4 is 0 Å². The third kappa shape index (κ3) is 124. The van der Waals surface area contributed by atoms with E-state index in [0.717, 1.165) is 0 Å². The van der Waals surface area contributed by atoms with Crippen LogP contribution in [0.4, 0.5) is 0 Å². The van der Waals surface area contributed by atoms with Gasteiger partial charge in [-0.3, -0.25) is 0 Å². The third-order valence-corrected chi connectivity index (χ3v) is 0. The zero-order valence-electron chi connectivity index (χ0n) is 4.45. The minimum Gasteiger partial charge on any atom is -2.00 e. The quantitative estimate of drug-likeness (QED) is 0.418. The van der Waals surface area contributed by atoms with Gasteiger partial charge in [0, 0.05) is 102 Å². The van der Waals surface area contributed by atoms with Crippen molar-refractivity contribution in [3.8, 4) is 0 Å². The van der Waals surface area contributed by atoms with Crippen LogP contribution in [0.1, 0.15) is 0 Å². The summed E-state index contributed by atoms with van der Waals surface area (Å²) in [5.74, 6) is 0. The van der Waals surface area contributed by atoms with E-state index in [0.29, 0.717) is 0 Å². The molecule has 11 heavy (non-hydrogen) atoms. The van der Waals surface area contributed by atoms with Crippen LogP contribution in [-0.2, 0) is 119 Å². The fraction of sp³-hybridized carbons (Fsp3) is 0. The summed E-state index contributed by atoms with van der Waals surface area (Å²) in [7, 11) is 0. The Morgan fingerprint density at radius 2 is 0.455 bits per heavy atom. The average molecular weight is 451 g/mol. The van der Waals surface area contributed by atoms with Crippen molar-refractivity contribution in [2.45, 2.75) is 0 Å². The van der Waals surface area contributed by atoms with Crippen LogP contribution in [0.25, 0.3) is 0 Å². The second kappa shape index (κ2) is 145. The Balaban J connectivity index is 0. The van der Waals surface area contributed by atoms with E-state index < -0.39 is 0 Å². The first kappa shape index (κ1) is 181. The van der Waals surface area contributed by atoms with Gasteiger partial charge in [-0.2, -0.15) is 0 Å². The van der Waals surface area contributed by atoms with Crippen molar-refractivity contribution in [1.29, 1.82) is 0 Å². The Kier molecular flexibility index (Phi) is 2390. The molecule has 0 saturated carbocycles. The van der Waals surface area contributed by atoms with Gasteiger partial charge in [-0.05, 0) is 0 Å². The molecule has 0 aliphatic rings. The summed E-state index contributed by atoms with van der Waals surface area (Å²) in [6, 6.07) is 0. The Bertz CT molecular complexity index is 25.3. The van der Waals surface area contributed by atoms with Crippen LogP contribution in [0.15, 0.2) is 0 Å². The molecule has 0 spiro atoms. The van der Waals surface area contributed by atoms with E-state index in [9.17, 15) is 0 Å². The summed E-state index contributed by atoms with van der Waals surface area (Å²) in [6.45, 7) is 0. The minimum absolute atomic E-state index is 0. The maximum Gasteiger partial charge on any atom is 3.00 e. The van der Waals surface area contributed by atoms with E-state index in [4.69, 9.17) is 0 Å². The largest absolute Gasteiger partial charge is 3.00 e. The zero-order valence-corrected chi connectivity index (χ0v) is 13.2. The van der Waals surface area contributed by atoms with Gasteiger partial charge < -0.3 is 16.4 Å². The molecular weight excluding hydrogens is 451 g/mol. The Morgan fingerprint density at radius 3 is 0.455 bits per heavy atom. The molecule has 0 unspecified atom stereocenters. The van der Waals surface area contributed by atoms with Crippen LogP contribution in [0, 0.1) is 0 Å². The molecule has 0 rings (SSSR count). The SMILES string of the molecule is [Al+3].[Al+3].[Cu].[Cu].[Fe].[Fe].[Mn].[Mn].[O-2].[O-2].[O-2]. The topological polar surface area (TPSA) is 85.5 Å². The van der Waals surface area contributed by atoms with Gasteiger partial charge in [0.25, 0.3) is 0 Å². The fourth-order valence-corrected chi connectivity index (χ4v) is 0. The maximum atomic E-state index is 0. The van der Waals surface area contributed by atoms with Gasteiger partial charge in [-0.15, -0.1) is 0 Å². The van der Waals surface area contributed by atoms with Crippen molar-refractivity contribution in [3.05, 3.63) is 0 Å². The minimum atomic E-state index is 0. The smallest absolute Gasteiger partial charge is 2.00 e. The van der Waals surface area contributed by atoms with Crippen LogP contribution in [-0.4, -0.2) is 34.7 Å². The van der Waals surface area contributed by atoms with Crippen LogP contribution in [0.5, 0.6) is 0 Å². The van der Waals surface area contributed by atoms with Gasteiger partial charge in [-0.1, -0.05) is 0 Å². The molecule has 0 fully saturated rings. The normalized spacial score (nSPS) is 0. The maximum absolute atomic E-state index is 0. The first-order chi connectivity index (χ1) is 0. The van der Waals surface area contributed by atoms with Gasteiger partial charge in [0.15, 0.2) is 0 Å². The Hall–Kier alpha value is 4.06. The summed E-state index contributed by atoms with van der Waals surface area (Å²) in [4.78, 5) is 0. The molecule has 0 aliphatic heterocycles. The summed E-state index contributed by atoms with van der Waals surface area (Å²) < 4.78 is 0. The molecule has 0 atom stereocenters. The molecule has 0 aromatic rings. The third-order valence-electron chi connectivity index (χ3n) is 0. The van der Waals surface area contributed by atoms with E-state index in [-0.39, 0.29) is 154 Å². The molecule has 76 valence electrons. The van der Waals surface area contributed by atoms with Gasteiger partial charge >= 0.3 is 34.7 Å². The summed E-state index contributed by atoms with van der Waals surface area (Å²) in [6.07, 6.45) is 0. The Morgan fingerprint density at radius 1 is 0.455 bits per heavy atom. The summed E-state index contributed by atoms with van der Waals surface area (Å²) in [5.41, 5.74) is 0. The van der Waals surface area contributed by atoms with Crippen molar-refractivity contribution < 1.29 is 119 Å². The van der Waals surface area contributed by atoms with E-state index in [1.54, 1.807) is 0 Å². The molecule has 0 aromatic carbocycles. The first-order valence-electron chi connectivity index (χ1n) is 0. The van der Waals surface area contributed by atoms with Crippen LogP contribution >= 0.6 is 0 Å². The van der Waals surface area contributed by atoms with Crippen molar-refractivity contribution in [2.24, 2.45) is 0 Å². The van der Waals surface area contributed by atoms with Crippen molar-refractivity contribution in [3.63, 3.8) is 0 Å². The molecule has 0 heterocycles. The molecule has 4 radical (unpaired) electrons. The predicted octanol–water partition coefficient (Wildman–Crippen LogP) is -1.13. The number of hydrogen-bond acceptors (Lipinski definition) is 0. The van der Waals surface area contributed by atoms with E-state index >= 15 is 0 Å². The first-order valence-corrected chi connectivity index (χ1v) is 0. The van der Waals surface area contributed by atoms with Gasteiger partial charge in [0.1, 0.15) is 0 Å². The Labute approximate surface area is 151 Å². The predicted molar refractivity (Wildman–Crippen MR) is 13.6 cm³/mol. The molecule has 0 bridgehead atoms. The van der Waals surface area contributed by atoms with Gasteiger partial charge in [0.2, 0.25) is 0 Å². The molecule has 0 aromatic heterocycles. The summed E-state index contributed by atoms with van der Waals surface area (Å²) >= 11 is 0. The summed E-state index contributed by atoms with van der Waals surface area (Å²) in [5, 5.41) is 0. The average Bonchev–Trinajstić information content (AvgIpc) is 0. The number of hydrogen-bond donors (Lipinski definition) is 0. The van der Waals surface area contributed by atoms with Crippen LogP contribution in [0.3, 0.4) is 0 Å². The van der Waals surface area contributed by atoms with E-state index in [2.05, 4.69) is 0 Å². The molecule has 0 amide bonds. The second-order valence-corrected chi connectivity index (χ2v) is 0. The van der Waals surface area contributed by atoms with Crippen LogP contribution in [0.2, 0.25) is 0 Å². The monoisotopic (exact) mass is 450 g/mol. The molecule has 0 saturated heterocycles. The molecule has 11 heteroatoms. The molecule has 3 nitrogen and oxygen atoms in total. The van der Waals surface area contributed by atoms with Crippen molar-refractivity contribution in [1.82, 2.24) is 0 Å².